The molecule has 0 saturated carbocycles. The first-order valence-electron chi connectivity index (χ1n) is 8.73. The quantitative estimate of drug-likeness (QED) is 0.423. The van der Waals surface area contributed by atoms with E-state index < -0.39 is 10.8 Å². The molecule has 3 rings (SSSR count). The third kappa shape index (κ3) is 4.07. The van der Waals surface area contributed by atoms with E-state index in [0.29, 0.717) is 18.0 Å². The van der Waals surface area contributed by atoms with Crippen molar-refractivity contribution < 1.29 is 14.5 Å². The van der Waals surface area contributed by atoms with Crippen molar-refractivity contribution in [1.82, 2.24) is 4.57 Å². The molecule has 0 N–H and O–H groups in total. The lowest BCUT2D eigenvalue weighted by Gasteiger charge is -2.05. The van der Waals surface area contributed by atoms with E-state index in [1.54, 1.807) is 0 Å². The highest BCUT2D eigenvalue weighted by Crippen LogP contribution is 2.25. The Morgan fingerprint density at radius 1 is 1.29 bits per heavy atom. The maximum atomic E-state index is 12.7. The molecule has 0 radical (unpaired) electrons. The summed E-state index contributed by atoms with van der Waals surface area (Å²) in [6, 6.07) is 9.48. The molecule has 28 heavy (non-hydrogen) atoms. The molecule has 0 aliphatic heterocycles. The molecule has 1 aromatic heterocycles. The van der Waals surface area contributed by atoms with Crippen molar-refractivity contribution >= 4 is 44.7 Å². The zero-order chi connectivity index (χ0) is 20.3. The van der Waals surface area contributed by atoms with E-state index >= 15 is 0 Å². The third-order valence-corrected chi connectivity index (χ3v) is 5.37. The van der Waals surface area contributed by atoms with E-state index in [1.807, 2.05) is 36.6 Å². The van der Waals surface area contributed by atoms with Crippen LogP contribution >= 0.6 is 22.9 Å². The number of nitrogens with zero attached hydrogens (tertiary/aromatic N) is 3. The number of rotatable bonds is 6. The standard InChI is InChI=1S/C19H18ClN3O4S/c1-3-9-22-16-8-6-13(27-4-2)11-17(16)28-19(22)21-18(24)14-10-12(23(25)26)5-7-15(14)20/h5-8,10-11H,3-4,9H2,1-2H3. The fourth-order valence-corrected chi connectivity index (χ4v) is 4.05. The van der Waals surface area contributed by atoms with Gasteiger partial charge in [-0.25, -0.2) is 0 Å². The Balaban J connectivity index is 2.12. The van der Waals surface area contributed by atoms with Crippen LogP contribution in [0.25, 0.3) is 10.2 Å². The Hall–Kier alpha value is -2.71. The molecule has 2 aromatic carbocycles. The largest absolute Gasteiger partial charge is 0.494 e. The van der Waals surface area contributed by atoms with E-state index in [-0.39, 0.29) is 16.3 Å². The molecule has 0 fully saturated rings. The average Bonchev–Trinajstić information content (AvgIpc) is 2.99. The molecule has 146 valence electrons. The van der Waals surface area contributed by atoms with Crippen molar-refractivity contribution in [3.63, 3.8) is 0 Å². The van der Waals surface area contributed by atoms with Crippen LogP contribution in [0.3, 0.4) is 0 Å². The number of halogens is 1. The second-order valence-corrected chi connectivity index (χ2v) is 7.35. The summed E-state index contributed by atoms with van der Waals surface area (Å²) >= 11 is 7.44. The SMILES string of the molecule is CCCn1c(=NC(=O)c2cc([N+](=O)[O-])ccc2Cl)sc2cc(OCC)ccc21. The first-order chi connectivity index (χ1) is 13.4. The molecule has 3 aromatic rings. The number of nitro benzene ring substituents is 1. The van der Waals surface area contributed by atoms with Crippen LogP contribution < -0.4 is 9.54 Å². The summed E-state index contributed by atoms with van der Waals surface area (Å²) in [7, 11) is 0. The van der Waals surface area contributed by atoms with Crippen LogP contribution in [0.4, 0.5) is 5.69 Å². The van der Waals surface area contributed by atoms with Crippen LogP contribution in [0.5, 0.6) is 5.75 Å². The summed E-state index contributed by atoms with van der Waals surface area (Å²) < 4.78 is 8.44. The van der Waals surface area contributed by atoms with Gasteiger partial charge in [-0.1, -0.05) is 29.9 Å². The van der Waals surface area contributed by atoms with Gasteiger partial charge in [-0.3, -0.25) is 14.9 Å². The average molecular weight is 420 g/mol. The molecule has 0 atom stereocenters. The van der Waals surface area contributed by atoms with Gasteiger partial charge in [-0.15, -0.1) is 0 Å². The fraction of sp³-hybridized carbons (Fsp3) is 0.263. The normalized spacial score (nSPS) is 11.8. The molecule has 0 unspecified atom stereocenters. The fourth-order valence-electron chi connectivity index (χ4n) is 2.77. The number of carbonyl (C=O) groups is 1. The van der Waals surface area contributed by atoms with Crippen molar-refractivity contribution in [2.75, 3.05) is 6.61 Å². The van der Waals surface area contributed by atoms with Crippen molar-refractivity contribution in [1.29, 1.82) is 0 Å². The number of aryl methyl sites for hydroxylation is 1. The number of non-ortho nitro benzene ring substituents is 1. The van der Waals surface area contributed by atoms with E-state index in [9.17, 15) is 14.9 Å². The molecule has 0 aliphatic rings. The minimum absolute atomic E-state index is 0.00590. The summed E-state index contributed by atoms with van der Waals surface area (Å²) in [6.07, 6.45) is 0.859. The predicted molar refractivity (Wildman–Crippen MR) is 109 cm³/mol. The first-order valence-corrected chi connectivity index (χ1v) is 9.93. The molecular formula is C19H18ClN3O4S. The molecule has 0 spiro atoms. The number of thiazole rings is 1. The van der Waals surface area contributed by atoms with Crippen molar-refractivity contribution in [2.45, 2.75) is 26.8 Å². The van der Waals surface area contributed by atoms with Crippen LogP contribution in [0.2, 0.25) is 5.02 Å². The predicted octanol–water partition coefficient (Wildman–Crippen LogP) is 4.81. The molecule has 7 nitrogen and oxygen atoms in total. The molecular weight excluding hydrogens is 402 g/mol. The maximum absolute atomic E-state index is 12.7. The van der Waals surface area contributed by atoms with Crippen molar-refractivity contribution in [3.05, 3.63) is 61.9 Å². The Morgan fingerprint density at radius 2 is 2.07 bits per heavy atom. The number of aromatic nitrogens is 1. The highest BCUT2D eigenvalue weighted by Gasteiger charge is 2.16. The number of nitro groups is 1. The first kappa shape index (κ1) is 20.0. The molecule has 1 heterocycles. The number of amides is 1. The number of hydrogen-bond acceptors (Lipinski definition) is 5. The molecule has 0 saturated heterocycles. The Morgan fingerprint density at radius 3 is 2.75 bits per heavy atom. The number of carbonyl (C=O) groups excluding carboxylic acids is 1. The second kappa shape index (κ2) is 8.53. The molecule has 0 aliphatic carbocycles. The monoisotopic (exact) mass is 419 g/mol. The van der Waals surface area contributed by atoms with E-state index in [4.69, 9.17) is 16.3 Å². The number of benzene rings is 2. The number of ether oxygens (including phenoxy) is 1. The van der Waals surface area contributed by atoms with Crippen molar-refractivity contribution in [2.24, 2.45) is 4.99 Å². The van der Waals surface area contributed by atoms with Crippen LogP contribution in [0.15, 0.2) is 41.4 Å². The van der Waals surface area contributed by atoms with Gasteiger partial charge in [0.15, 0.2) is 4.80 Å². The third-order valence-electron chi connectivity index (χ3n) is 4.00. The summed E-state index contributed by atoms with van der Waals surface area (Å²) in [6.45, 7) is 5.20. The van der Waals surface area contributed by atoms with Gasteiger partial charge in [0.25, 0.3) is 11.6 Å². The van der Waals surface area contributed by atoms with Gasteiger partial charge in [0, 0.05) is 18.7 Å². The minimum atomic E-state index is -0.616. The zero-order valence-electron chi connectivity index (χ0n) is 15.3. The maximum Gasteiger partial charge on any atom is 0.281 e. The Kier molecular flexibility index (Phi) is 6.11. The topological polar surface area (TPSA) is 86.7 Å². The van der Waals surface area contributed by atoms with Gasteiger partial charge in [-0.2, -0.15) is 4.99 Å². The summed E-state index contributed by atoms with van der Waals surface area (Å²) in [5.74, 6) is 0.134. The Labute approximate surface area is 170 Å². The van der Waals surface area contributed by atoms with Crippen LogP contribution in [-0.4, -0.2) is 22.0 Å². The highest BCUT2D eigenvalue weighted by atomic mass is 35.5. The molecule has 0 bridgehead atoms. The molecule has 9 heteroatoms. The van der Waals surface area contributed by atoms with Gasteiger partial charge in [0.1, 0.15) is 5.75 Å². The van der Waals surface area contributed by atoms with Crippen LogP contribution in [-0.2, 0) is 6.54 Å². The summed E-state index contributed by atoms with van der Waals surface area (Å²) in [4.78, 5) is 27.9. The zero-order valence-corrected chi connectivity index (χ0v) is 16.9. The summed E-state index contributed by atoms with van der Waals surface area (Å²) in [5, 5.41) is 11.1. The van der Waals surface area contributed by atoms with Crippen LogP contribution in [0, 0.1) is 10.1 Å². The van der Waals surface area contributed by atoms with E-state index in [0.717, 1.165) is 28.5 Å². The Bertz CT molecular complexity index is 1120. The molecule has 1 amide bonds. The van der Waals surface area contributed by atoms with Gasteiger partial charge >= 0.3 is 0 Å². The summed E-state index contributed by atoms with van der Waals surface area (Å²) in [5.41, 5.74) is 0.750. The van der Waals surface area contributed by atoms with Crippen molar-refractivity contribution in [3.8, 4) is 5.75 Å². The lowest BCUT2D eigenvalue weighted by molar-refractivity contribution is -0.384. The lowest BCUT2D eigenvalue weighted by Crippen LogP contribution is -2.17. The number of fused-ring (bicyclic) bond motifs is 1. The second-order valence-electron chi connectivity index (χ2n) is 5.94. The highest BCUT2D eigenvalue weighted by molar-refractivity contribution is 7.16. The number of hydrogen-bond donors (Lipinski definition) is 0. The van der Waals surface area contributed by atoms with Gasteiger partial charge in [-0.05, 0) is 37.6 Å². The lowest BCUT2D eigenvalue weighted by atomic mass is 10.2. The van der Waals surface area contributed by atoms with Gasteiger partial charge < -0.3 is 9.30 Å². The van der Waals surface area contributed by atoms with Gasteiger partial charge in [0.2, 0.25) is 0 Å². The van der Waals surface area contributed by atoms with E-state index in [1.165, 1.54) is 23.5 Å². The van der Waals surface area contributed by atoms with Gasteiger partial charge in [0.05, 0.1) is 32.3 Å². The minimum Gasteiger partial charge on any atom is -0.494 e. The smallest absolute Gasteiger partial charge is 0.281 e. The van der Waals surface area contributed by atoms with E-state index in [2.05, 4.69) is 4.99 Å². The van der Waals surface area contributed by atoms with Crippen LogP contribution in [0.1, 0.15) is 30.6 Å².